The zero-order valence-electron chi connectivity index (χ0n) is 31.1. The molecule has 12 rings (SSSR count). The summed E-state index contributed by atoms with van der Waals surface area (Å²) in [6, 6.07) is 67.3. The van der Waals surface area contributed by atoms with Crippen LogP contribution in [-0.4, -0.2) is 14.5 Å². The molecule has 0 aliphatic rings. The SMILES string of the molecule is c1ccc(-c2nc(-c3ccc4c(c3)c3c(N(c5ccccc5)c5cccc6c5oc5ccccc56)cccc3n4-c3ccccc3)nc3c2oc2ccccc23)cc1. The molecule has 272 valence electrons. The molecular weight excluding hydrogens is 713 g/mol. The van der Waals surface area contributed by atoms with Gasteiger partial charge in [0.1, 0.15) is 22.4 Å². The van der Waals surface area contributed by atoms with Crippen molar-refractivity contribution in [2.24, 2.45) is 0 Å². The van der Waals surface area contributed by atoms with Gasteiger partial charge in [-0.2, -0.15) is 0 Å². The third kappa shape index (κ3) is 4.92. The molecule has 0 saturated heterocycles. The largest absolute Gasteiger partial charge is 0.454 e. The number of hydrogen-bond acceptors (Lipinski definition) is 5. The molecule has 6 heteroatoms. The van der Waals surface area contributed by atoms with E-state index in [1.807, 2.05) is 48.5 Å². The number of hydrogen-bond donors (Lipinski definition) is 0. The third-order valence-electron chi connectivity index (χ3n) is 11.2. The highest BCUT2D eigenvalue weighted by Gasteiger charge is 2.25. The summed E-state index contributed by atoms with van der Waals surface area (Å²) in [6.45, 7) is 0. The lowest BCUT2D eigenvalue weighted by Gasteiger charge is -2.26. The fourth-order valence-electron chi connectivity index (χ4n) is 8.64. The molecule has 6 nitrogen and oxygen atoms in total. The molecule has 58 heavy (non-hydrogen) atoms. The molecule has 0 fully saturated rings. The van der Waals surface area contributed by atoms with Crippen molar-refractivity contribution < 1.29 is 8.83 Å². The summed E-state index contributed by atoms with van der Waals surface area (Å²) in [5, 5.41) is 5.29. The van der Waals surface area contributed by atoms with Gasteiger partial charge < -0.3 is 18.3 Å². The van der Waals surface area contributed by atoms with Crippen LogP contribution in [-0.2, 0) is 0 Å². The summed E-state index contributed by atoms with van der Waals surface area (Å²) >= 11 is 0. The molecule has 4 heterocycles. The van der Waals surface area contributed by atoms with Gasteiger partial charge in [-0.05, 0) is 78.9 Å². The van der Waals surface area contributed by atoms with Crippen LogP contribution in [0.5, 0.6) is 0 Å². The monoisotopic (exact) mass is 744 g/mol. The van der Waals surface area contributed by atoms with E-state index >= 15 is 0 Å². The van der Waals surface area contributed by atoms with Crippen LogP contribution in [0.2, 0.25) is 0 Å². The van der Waals surface area contributed by atoms with Crippen molar-refractivity contribution in [2.75, 3.05) is 4.90 Å². The standard InChI is InChI=1S/C52H32N4O2/c1-4-16-33(17-5-1)48-51-49(39-23-11-13-29-46(39)58-51)54-52(53-48)34-30-31-41-40(32-34)47-42(55(41)35-18-6-2-7-19-35)25-15-26-43(47)56(36-20-8-3-9-21-36)44-27-14-24-38-37-22-10-12-28-45(37)57-50(38)44/h1-32H. The van der Waals surface area contributed by atoms with Gasteiger partial charge in [0.05, 0.1) is 22.4 Å². The lowest BCUT2D eigenvalue weighted by Crippen LogP contribution is -2.10. The van der Waals surface area contributed by atoms with Crippen LogP contribution in [0, 0.1) is 0 Å². The average Bonchev–Trinajstić information content (AvgIpc) is 3.97. The number of para-hydroxylation sites is 5. The fourth-order valence-corrected chi connectivity index (χ4v) is 8.64. The molecule has 0 aliphatic heterocycles. The quantitative estimate of drug-likeness (QED) is 0.170. The molecule has 0 aliphatic carbocycles. The molecule has 0 spiro atoms. The Morgan fingerprint density at radius 2 is 1.07 bits per heavy atom. The van der Waals surface area contributed by atoms with Crippen LogP contribution in [0.15, 0.2) is 203 Å². The van der Waals surface area contributed by atoms with E-state index < -0.39 is 0 Å². The number of rotatable bonds is 6. The topological polar surface area (TPSA) is 60.2 Å². The molecule has 0 bridgehead atoms. The molecule has 0 amide bonds. The lowest BCUT2D eigenvalue weighted by molar-refractivity contribution is 0.667. The molecule has 4 aromatic heterocycles. The van der Waals surface area contributed by atoms with E-state index in [0.717, 1.165) is 99.8 Å². The highest BCUT2D eigenvalue weighted by atomic mass is 16.3. The van der Waals surface area contributed by atoms with Crippen molar-refractivity contribution in [3.05, 3.63) is 194 Å². The molecule has 12 aromatic rings. The van der Waals surface area contributed by atoms with E-state index in [-0.39, 0.29) is 0 Å². The number of aromatic nitrogens is 3. The summed E-state index contributed by atoms with van der Waals surface area (Å²) in [4.78, 5) is 12.8. The number of anilines is 3. The van der Waals surface area contributed by atoms with Crippen LogP contribution in [0.3, 0.4) is 0 Å². The molecule has 0 saturated carbocycles. The molecule has 0 unspecified atom stereocenters. The van der Waals surface area contributed by atoms with Gasteiger partial charge in [0, 0.05) is 49.4 Å². The minimum absolute atomic E-state index is 0.629. The first-order valence-corrected chi connectivity index (χ1v) is 19.4. The van der Waals surface area contributed by atoms with Gasteiger partial charge in [0.2, 0.25) is 0 Å². The maximum absolute atomic E-state index is 6.69. The summed E-state index contributed by atoms with van der Waals surface area (Å²) in [5.41, 5.74) is 12.8. The smallest absolute Gasteiger partial charge is 0.180 e. The van der Waals surface area contributed by atoms with E-state index in [4.69, 9.17) is 18.8 Å². The Kier molecular flexibility index (Phi) is 7.13. The second-order valence-corrected chi connectivity index (χ2v) is 14.5. The lowest BCUT2D eigenvalue weighted by atomic mass is 10.0. The molecule has 8 aromatic carbocycles. The summed E-state index contributed by atoms with van der Waals surface area (Å²) in [6.07, 6.45) is 0. The first-order chi connectivity index (χ1) is 28.8. The Morgan fingerprint density at radius 1 is 0.431 bits per heavy atom. The molecule has 0 radical (unpaired) electrons. The first-order valence-electron chi connectivity index (χ1n) is 19.4. The number of fused-ring (bicyclic) bond motifs is 9. The van der Waals surface area contributed by atoms with E-state index in [1.165, 1.54) is 0 Å². The van der Waals surface area contributed by atoms with Gasteiger partial charge in [0.25, 0.3) is 0 Å². The van der Waals surface area contributed by atoms with Crippen LogP contribution in [0.4, 0.5) is 17.1 Å². The van der Waals surface area contributed by atoms with Crippen LogP contribution in [0.1, 0.15) is 0 Å². The first kappa shape index (κ1) is 32.3. The maximum Gasteiger partial charge on any atom is 0.180 e. The van der Waals surface area contributed by atoms with Crippen molar-refractivity contribution >= 4 is 82.9 Å². The van der Waals surface area contributed by atoms with Crippen molar-refractivity contribution in [2.45, 2.75) is 0 Å². The zero-order valence-corrected chi connectivity index (χ0v) is 31.1. The Morgan fingerprint density at radius 3 is 1.88 bits per heavy atom. The van der Waals surface area contributed by atoms with Crippen LogP contribution < -0.4 is 4.90 Å². The average molecular weight is 745 g/mol. The zero-order chi connectivity index (χ0) is 38.2. The van der Waals surface area contributed by atoms with Crippen molar-refractivity contribution in [3.8, 4) is 28.3 Å². The summed E-state index contributed by atoms with van der Waals surface area (Å²) in [7, 11) is 0. The third-order valence-corrected chi connectivity index (χ3v) is 11.2. The Hall–Kier alpha value is -7.96. The Labute approximate surface area is 332 Å². The second-order valence-electron chi connectivity index (χ2n) is 14.5. The summed E-state index contributed by atoms with van der Waals surface area (Å²) < 4.78 is 15.5. The minimum atomic E-state index is 0.629. The second kappa shape index (κ2) is 12.8. The Balaban J connectivity index is 1.17. The maximum atomic E-state index is 6.69. The Bertz CT molecular complexity index is 3510. The highest BCUT2D eigenvalue weighted by Crippen LogP contribution is 2.47. The minimum Gasteiger partial charge on any atom is -0.454 e. The van der Waals surface area contributed by atoms with Gasteiger partial charge in [-0.3, -0.25) is 0 Å². The van der Waals surface area contributed by atoms with Crippen molar-refractivity contribution in [3.63, 3.8) is 0 Å². The van der Waals surface area contributed by atoms with Crippen LogP contribution >= 0.6 is 0 Å². The van der Waals surface area contributed by atoms with E-state index in [2.05, 4.69) is 155 Å². The van der Waals surface area contributed by atoms with Crippen molar-refractivity contribution in [1.29, 1.82) is 0 Å². The van der Waals surface area contributed by atoms with Gasteiger partial charge >= 0.3 is 0 Å². The number of benzene rings is 8. The number of furan rings is 2. The fraction of sp³-hybridized carbons (Fsp3) is 0. The van der Waals surface area contributed by atoms with E-state index in [1.54, 1.807) is 0 Å². The van der Waals surface area contributed by atoms with Crippen LogP contribution in [0.25, 0.3) is 94.1 Å². The van der Waals surface area contributed by atoms with E-state index in [9.17, 15) is 0 Å². The van der Waals surface area contributed by atoms with Crippen molar-refractivity contribution in [1.82, 2.24) is 14.5 Å². The predicted octanol–water partition coefficient (Wildman–Crippen LogP) is 14.2. The normalized spacial score (nSPS) is 11.8. The van der Waals surface area contributed by atoms with Gasteiger partial charge in [-0.25, -0.2) is 9.97 Å². The van der Waals surface area contributed by atoms with Gasteiger partial charge in [-0.1, -0.05) is 115 Å². The number of nitrogens with zero attached hydrogens (tertiary/aromatic N) is 4. The molecule has 0 N–H and O–H groups in total. The summed E-state index contributed by atoms with van der Waals surface area (Å²) in [5.74, 6) is 0.629. The molecular formula is C52H32N4O2. The highest BCUT2D eigenvalue weighted by molar-refractivity contribution is 6.19. The van der Waals surface area contributed by atoms with Gasteiger partial charge in [0.15, 0.2) is 17.0 Å². The van der Waals surface area contributed by atoms with Gasteiger partial charge in [-0.15, -0.1) is 0 Å². The molecule has 0 atom stereocenters. The predicted molar refractivity (Wildman–Crippen MR) is 236 cm³/mol. The van der Waals surface area contributed by atoms with E-state index in [0.29, 0.717) is 11.4 Å².